The highest BCUT2D eigenvalue weighted by atomic mass is 14.9. The molecule has 0 aromatic heterocycles. The second kappa shape index (κ2) is 5.83. The van der Waals surface area contributed by atoms with Crippen LogP contribution in [-0.2, 0) is 6.42 Å². The van der Waals surface area contributed by atoms with Gasteiger partial charge in [-0.05, 0) is 38.4 Å². The highest BCUT2D eigenvalue weighted by Crippen LogP contribution is 2.19. The monoisotopic (exact) mass is 239 g/mol. The SMILES string of the molecule is CNC(Cc1cccc(C)c1)c1cccc(C)c1. The molecule has 0 bridgehead atoms. The van der Waals surface area contributed by atoms with E-state index in [0.717, 1.165) is 6.42 Å². The van der Waals surface area contributed by atoms with Crippen LogP contribution >= 0.6 is 0 Å². The van der Waals surface area contributed by atoms with Crippen LogP contribution in [0.5, 0.6) is 0 Å². The third-order valence-corrected chi connectivity index (χ3v) is 3.32. The van der Waals surface area contributed by atoms with Crippen LogP contribution in [0.1, 0.15) is 28.3 Å². The highest BCUT2D eigenvalue weighted by molar-refractivity contribution is 5.29. The highest BCUT2D eigenvalue weighted by Gasteiger charge is 2.10. The van der Waals surface area contributed by atoms with Gasteiger partial charge in [0.05, 0.1) is 0 Å². The first kappa shape index (κ1) is 12.8. The van der Waals surface area contributed by atoms with Gasteiger partial charge in [0.2, 0.25) is 0 Å². The van der Waals surface area contributed by atoms with Crippen LogP contribution in [0.3, 0.4) is 0 Å². The van der Waals surface area contributed by atoms with Gasteiger partial charge in [-0.25, -0.2) is 0 Å². The largest absolute Gasteiger partial charge is 0.313 e. The Kier molecular flexibility index (Phi) is 4.16. The van der Waals surface area contributed by atoms with Gasteiger partial charge < -0.3 is 5.32 Å². The maximum atomic E-state index is 3.41. The molecular weight excluding hydrogens is 218 g/mol. The van der Waals surface area contributed by atoms with Gasteiger partial charge in [-0.1, -0.05) is 59.7 Å². The van der Waals surface area contributed by atoms with E-state index in [4.69, 9.17) is 0 Å². The number of rotatable bonds is 4. The molecule has 0 aliphatic carbocycles. The Morgan fingerprint density at radius 3 is 2.22 bits per heavy atom. The maximum absolute atomic E-state index is 3.41. The molecule has 1 heteroatoms. The zero-order chi connectivity index (χ0) is 13.0. The summed E-state index contributed by atoms with van der Waals surface area (Å²) in [5.41, 5.74) is 5.39. The van der Waals surface area contributed by atoms with Crippen molar-refractivity contribution in [2.24, 2.45) is 0 Å². The second-order valence-electron chi connectivity index (χ2n) is 4.95. The molecule has 1 unspecified atom stereocenters. The molecule has 0 fully saturated rings. The maximum Gasteiger partial charge on any atom is 0.0358 e. The van der Waals surface area contributed by atoms with E-state index in [9.17, 15) is 0 Å². The van der Waals surface area contributed by atoms with Crippen molar-refractivity contribution >= 4 is 0 Å². The number of likely N-dealkylation sites (N-methyl/N-ethyl adjacent to an activating group) is 1. The van der Waals surface area contributed by atoms with Crippen molar-refractivity contribution < 1.29 is 0 Å². The third kappa shape index (κ3) is 3.21. The van der Waals surface area contributed by atoms with Crippen LogP contribution < -0.4 is 5.32 Å². The van der Waals surface area contributed by atoms with Gasteiger partial charge in [-0.3, -0.25) is 0 Å². The molecule has 1 N–H and O–H groups in total. The molecule has 0 saturated heterocycles. The standard InChI is InChI=1S/C17H21N/c1-13-6-4-8-15(10-13)12-17(18-3)16-9-5-7-14(2)11-16/h4-11,17-18H,12H2,1-3H3. The zero-order valence-corrected chi connectivity index (χ0v) is 11.4. The predicted molar refractivity (Wildman–Crippen MR) is 77.9 cm³/mol. The molecular formula is C17H21N. The minimum Gasteiger partial charge on any atom is -0.313 e. The summed E-state index contributed by atoms with van der Waals surface area (Å²) < 4.78 is 0. The first-order valence-electron chi connectivity index (χ1n) is 6.48. The van der Waals surface area contributed by atoms with Crippen LogP contribution in [-0.4, -0.2) is 7.05 Å². The van der Waals surface area contributed by atoms with Crippen LogP contribution in [0.25, 0.3) is 0 Å². The fourth-order valence-electron chi connectivity index (χ4n) is 2.35. The van der Waals surface area contributed by atoms with E-state index in [1.54, 1.807) is 0 Å². The van der Waals surface area contributed by atoms with Crippen molar-refractivity contribution in [3.8, 4) is 0 Å². The minimum atomic E-state index is 0.381. The molecule has 0 aliphatic heterocycles. The van der Waals surface area contributed by atoms with Crippen molar-refractivity contribution in [2.75, 3.05) is 7.05 Å². The molecule has 0 heterocycles. The van der Waals surface area contributed by atoms with Crippen molar-refractivity contribution in [1.82, 2.24) is 5.32 Å². The fourth-order valence-corrected chi connectivity index (χ4v) is 2.35. The number of hydrogen-bond donors (Lipinski definition) is 1. The summed E-state index contributed by atoms with van der Waals surface area (Å²) in [7, 11) is 2.03. The van der Waals surface area contributed by atoms with Gasteiger partial charge in [0, 0.05) is 6.04 Å². The molecule has 1 nitrogen and oxygen atoms in total. The second-order valence-corrected chi connectivity index (χ2v) is 4.95. The third-order valence-electron chi connectivity index (χ3n) is 3.32. The van der Waals surface area contributed by atoms with E-state index >= 15 is 0 Å². The smallest absolute Gasteiger partial charge is 0.0358 e. The van der Waals surface area contributed by atoms with Crippen molar-refractivity contribution in [2.45, 2.75) is 26.3 Å². The van der Waals surface area contributed by atoms with E-state index < -0.39 is 0 Å². The summed E-state index contributed by atoms with van der Waals surface area (Å²) >= 11 is 0. The lowest BCUT2D eigenvalue weighted by atomic mass is 9.97. The average molecular weight is 239 g/mol. The normalized spacial score (nSPS) is 12.4. The van der Waals surface area contributed by atoms with Gasteiger partial charge in [-0.15, -0.1) is 0 Å². The Labute approximate surface area is 110 Å². The topological polar surface area (TPSA) is 12.0 Å². The molecule has 0 aliphatic rings. The summed E-state index contributed by atoms with van der Waals surface area (Å²) in [4.78, 5) is 0. The Morgan fingerprint density at radius 2 is 1.61 bits per heavy atom. The van der Waals surface area contributed by atoms with Crippen LogP contribution in [0.2, 0.25) is 0 Å². The van der Waals surface area contributed by atoms with E-state index in [2.05, 4.69) is 67.7 Å². The van der Waals surface area contributed by atoms with Gasteiger partial charge in [0.25, 0.3) is 0 Å². The lowest BCUT2D eigenvalue weighted by Crippen LogP contribution is -2.18. The quantitative estimate of drug-likeness (QED) is 0.855. The van der Waals surface area contributed by atoms with Gasteiger partial charge >= 0.3 is 0 Å². The Bertz CT molecular complexity index is 517. The molecule has 2 aromatic carbocycles. The minimum absolute atomic E-state index is 0.381. The molecule has 94 valence electrons. The van der Waals surface area contributed by atoms with E-state index in [1.807, 2.05) is 7.05 Å². The summed E-state index contributed by atoms with van der Waals surface area (Å²) in [5.74, 6) is 0. The lowest BCUT2D eigenvalue weighted by molar-refractivity contribution is 0.591. The van der Waals surface area contributed by atoms with Crippen molar-refractivity contribution in [3.63, 3.8) is 0 Å². The van der Waals surface area contributed by atoms with Gasteiger partial charge in [0.15, 0.2) is 0 Å². The van der Waals surface area contributed by atoms with E-state index in [-0.39, 0.29) is 0 Å². The fraction of sp³-hybridized carbons (Fsp3) is 0.294. The summed E-state index contributed by atoms with van der Waals surface area (Å²) in [5, 5.41) is 3.41. The molecule has 18 heavy (non-hydrogen) atoms. The molecule has 0 radical (unpaired) electrons. The first-order chi connectivity index (χ1) is 8.69. The summed E-state index contributed by atoms with van der Waals surface area (Å²) in [6, 6.07) is 17.9. The van der Waals surface area contributed by atoms with E-state index in [1.165, 1.54) is 22.3 Å². The number of benzene rings is 2. The molecule has 2 rings (SSSR count). The summed E-state index contributed by atoms with van der Waals surface area (Å²) in [6.07, 6.45) is 1.03. The summed E-state index contributed by atoms with van der Waals surface area (Å²) in [6.45, 7) is 4.29. The average Bonchev–Trinajstić information content (AvgIpc) is 2.36. The number of hydrogen-bond acceptors (Lipinski definition) is 1. The zero-order valence-electron chi connectivity index (χ0n) is 11.4. The first-order valence-corrected chi connectivity index (χ1v) is 6.48. The Morgan fingerprint density at radius 1 is 0.944 bits per heavy atom. The van der Waals surface area contributed by atoms with E-state index in [0.29, 0.717) is 6.04 Å². The number of aryl methyl sites for hydroxylation is 2. The van der Waals surface area contributed by atoms with Crippen molar-refractivity contribution in [1.29, 1.82) is 0 Å². The van der Waals surface area contributed by atoms with Crippen LogP contribution in [0, 0.1) is 13.8 Å². The van der Waals surface area contributed by atoms with Crippen molar-refractivity contribution in [3.05, 3.63) is 70.8 Å². The molecule has 2 aromatic rings. The Hall–Kier alpha value is -1.60. The van der Waals surface area contributed by atoms with Gasteiger partial charge in [-0.2, -0.15) is 0 Å². The van der Waals surface area contributed by atoms with Crippen LogP contribution in [0.4, 0.5) is 0 Å². The molecule has 0 spiro atoms. The Balaban J connectivity index is 2.19. The molecule has 0 amide bonds. The number of nitrogens with one attached hydrogen (secondary N) is 1. The molecule has 0 saturated carbocycles. The predicted octanol–water partition coefficient (Wildman–Crippen LogP) is 3.81. The van der Waals surface area contributed by atoms with Crippen LogP contribution in [0.15, 0.2) is 48.5 Å². The molecule has 1 atom stereocenters. The van der Waals surface area contributed by atoms with Gasteiger partial charge in [0.1, 0.15) is 0 Å². The lowest BCUT2D eigenvalue weighted by Gasteiger charge is -2.17.